The number of thiophene rings is 1. The maximum absolute atomic E-state index is 5.17. The molecule has 1 aliphatic carbocycles. The second-order valence-corrected chi connectivity index (χ2v) is 5.96. The van der Waals surface area contributed by atoms with Crippen LogP contribution in [0.4, 0.5) is 0 Å². The highest BCUT2D eigenvalue weighted by Gasteiger charge is 2.27. The van der Waals surface area contributed by atoms with E-state index in [1.165, 1.54) is 23.3 Å². The van der Waals surface area contributed by atoms with Crippen molar-refractivity contribution in [3.8, 4) is 0 Å². The molecule has 0 unspecified atom stereocenters. The molecule has 0 saturated heterocycles. The van der Waals surface area contributed by atoms with Crippen LogP contribution in [0.2, 0.25) is 0 Å². The molecule has 0 radical (unpaired) electrons. The van der Waals surface area contributed by atoms with Gasteiger partial charge in [0.05, 0.1) is 6.61 Å². The van der Waals surface area contributed by atoms with Crippen LogP contribution in [0.5, 0.6) is 0 Å². The Kier molecular flexibility index (Phi) is 5.63. The Labute approximate surface area is 114 Å². The SMILES string of the molecule is COCCN(CCNCc1sccc1C)C1CC1. The minimum atomic E-state index is 0.824. The summed E-state index contributed by atoms with van der Waals surface area (Å²) in [7, 11) is 1.78. The summed E-state index contributed by atoms with van der Waals surface area (Å²) in [5, 5.41) is 5.71. The van der Waals surface area contributed by atoms with E-state index in [1.807, 2.05) is 11.3 Å². The molecule has 1 aliphatic rings. The molecule has 0 spiro atoms. The Morgan fingerprint density at radius 3 is 2.89 bits per heavy atom. The molecule has 4 heteroatoms. The maximum atomic E-state index is 5.17. The van der Waals surface area contributed by atoms with Crippen LogP contribution in [0, 0.1) is 6.92 Å². The van der Waals surface area contributed by atoms with Gasteiger partial charge in [0, 0.05) is 44.2 Å². The number of nitrogens with one attached hydrogen (secondary N) is 1. The minimum absolute atomic E-state index is 0.824. The third-order valence-corrected chi connectivity index (χ3v) is 4.50. The van der Waals surface area contributed by atoms with Crippen LogP contribution >= 0.6 is 11.3 Å². The van der Waals surface area contributed by atoms with Gasteiger partial charge in [-0.15, -0.1) is 11.3 Å². The summed E-state index contributed by atoms with van der Waals surface area (Å²) < 4.78 is 5.17. The zero-order valence-corrected chi connectivity index (χ0v) is 12.3. The van der Waals surface area contributed by atoms with Gasteiger partial charge in [-0.05, 0) is 36.8 Å². The van der Waals surface area contributed by atoms with Gasteiger partial charge in [-0.25, -0.2) is 0 Å². The first-order valence-electron chi connectivity index (χ1n) is 6.78. The lowest BCUT2D eigenvalue weighted by atomic mass is 10.3. The van der Waals surface area contributed by atoms with Gasteiger partial charge in [-0.3, -0.25) is 4.90 Å². The number of hydrogen-bond acceptors (Lipinski definition) is 4. The zero-order chi connectivity index (χ0) is 12.8. The van der Waals surface area contributed by atoms with Crippen molar-refractivity contribution >= 4 is 11.3 Å². The third-order valence-electron chi connectivity index (χ3n) is 3.48. The highest BCUT2D eigenvalue weighted by Crippen LogP contribution is 2.26. The van der Waals surface area contributed by atoms with Gasteiger partial charge < -0.3 is 10.1 Å². The molecule has 3 nitrogen and oxygen atoms in total. The molecule has 0 bridgehead atoms. The lowest BCUT2D eigenvalue weighted by Crippen LogP contribution is -2.35. The first-order valence-corrected chi connectivity index (χ1v) is 7.66. The van der Waals surface area contributed by atoms with Crippen molar-refractivity contribution in [2.24, 2.45) is 0 Å². The molecule has 1 aromatic heterocycles. The van der Waals surface area contributed by atoms with Gasteiger partial charge in [0.1, 0.15) is 0 Å². The summed E-state index contributed by atoms with van der Waals surface area (Å²) in [6.45, 7) is 7.31. The average molecular weight is 268 g/mol. The van der Waals surface area contributed by atoms with E-state index in [4.69, 9.17) is 4.74 Å². The number of aryl methyl sites for hydroxylation is 1. The van der Waals surface area contributed by atoms with Gasteiger partial charge in [-0.2, -0.15) is 0 Å². The lowest BCUT2D eigenvalue weighted by Gasteiger charge is -2.21. The Hall–Kier alpha value is -0.420. The van der Waals surface area contributed by atoms with Crippen LogP contribution in [-0.2, 0) is 11.3 Å². The van der Waals surface area contributed by atoms with Gasteiger partial charge in [-0.1, -0.05) is 0 Å². The normalized spacial score (nSPS) is 15.5. The van der Waals surface area contributed by atoms with Crippen LogP contribution in [0.1, 0.15) is 23.3 Å². The Bertz CT molecular complexity index is 349. The lowest BCUT2D eigenvalue weighted by molar-refractivity contribution is 0.144. The molecule has 102 valence electrons. The number of nitrogens with zero attached hydrogens (tertiary/aromatic N) is 1. The number of methoxy groups -OCH3 is 1. The fourth-order valence-electron chi connectivity index (χ4n) is 2.13. The van der Waals surface area contributed by atoms with Gasteiger partial charge in [0.2, 0.25) is 0 Å². The van der Waals surface area contributed by atoms with Crippen LogP contribution < -0.4 is 5.32 Å². The summed E-state index contributed by atoms with van der Waals surface area (Å²) in [6, 6.07) is 3.02. The van der Waals surface area contributed by atoms with Crippen molar-refractivity contribution in [1.29, 1.82) is 0 Å². The molecule has 0 atom stereocenters. The van der Waals surface area contributed by atoms with Crippen molar-refractivity contribution in [1.82, 2.24) is 10.2 Å². The quantitative estimate of drug-likeness (QED) is 0.695. The molecule has 18 heavy (non-hydrogen) atoms. The maximum Gasteiger partial charge on any atom is 0.0589 e. The zero-order valence-electron chi connectivity index (χ0n) is 11.4. The molecular weight excluding hydrogens is 244 g/mol. The van der Waals surface area contributed by atoms with Gasteiger partial charge in [0.25, 0.3) is 0 Å². The molecule has 1 N–H and O–H groups in total. The fraction of sp³-hybridized carbons (Fsp3) is 0.714. The van der Waals surface area contributed by atoms with E-state index in [2.05, 4.69) is 28.6 Å². The van der Waals surface area contributed by atoms with Crippen LogP contribution in [0.25, 0.3) is 0 Å². The molecule has 1 fully saturated rings. The Morgan fingerprint density at radius 1 is 1.44 bits per heavy atom. The second-order valence-electron chi connectivity index (χ2n) is 4.96. The summed E-state index contributed by atoms with van der Waals surface area (Å²) in [5.74, 6) is 0. The monoisotopic (exact) mass is 268 g/mol. The van der Waals surface area contributed by atoms with E-state index in [9.17, 15) is 0 Å². The summed E-state index contributed by atoms with van der Waals surface area (Å²) in [6.07, 6.45) is 2.74. The van der Waals surface area contributed by atoms with Crippen molar-refractivity contribution in [2.45, 2.75) is 32.4 Å². The van der Waals surface area contributed by atoms with Gasteiger partial charge in [0.15, 0.2) is 0 Å². The van der Waals surface area contributed by atoms with Crippen LogP contribution in [-0.4, -0.2) is 44.3 Å². The number of rotatable bonds is 9. The van der Waals surface area contributed by atoms with E-state index in [0.29, 0.717) is 0 Å². The smallest absolute Gasteiger partial charge is 0.0589 e. The minimum Gasteiger partial charge on any atom is -0.383 e. The van der Waals surface area contributed by atoms with Crippen LogP contribution in [0.3, 0.4) is 0 Å². The number of ether oxygens (including phenoxy) is 1. The van der Waals surface area contributed by atoms with E-state index in [1.54, 1.807) is 7.11 Å². The highest BCUT2D eigenvalue weighted by atomic mass is 32.1. The number of hydrogen-bond donors (Lipinski definition) is 1. The van der Waals surface area contributed by atoms with E-state index in [0.717, 1.165) is 38.8 Å². The molecule has 1 heterocycles. The van der Waals surface area contributed by atoms with Crippen molar-refractivity contribution in [2.75, 3.05) is 33.4 Å². The first-order chi connectivity index (χ1) is 8.81. The topological polar surface area (TPSA) is 24.5 Å². The third kappa shape index (κ3) is 4.35. The average Bonchev–Trinajstić information content (AvgIpc) is 3.13. The molecule has 0 aliphatic heterocycles. The Balaban J connectivity index is 1.62. The molecule has 1 aromatic rings. The summed E-state index contributed by atoms with van der Waals surface area (Å²) in [4.78, 5) is 4.02. The van der Waals surface area contributed by atoms with Crippen LogP contribution in [0.15, 0.2) is 11.4 Å². The molecule has 2 rings (SSSR count). The molecule has 1 saturated carbocycles. The molecule has 0 amide bonds. The first kappa shape index (κ1) is 14.0. The highest BCUT2D eigenvalue weighted by molar-refractivity contribution is 7.10. The predicted octanol–water partition coefficient (Wildman–Crippen LogP) is 2.26. The van der Waals surface area contributed by atoms with Gasteiger partial charge >= 0.3 is 0 Å². The predicted molar refractivity (Wildman–Crippen MR) is 77.2 cm³/mol. The van der Waals surface area contributed by atoms with E-state index >= 15 is 0 Å². The second kappa shape index (κ2) is 7.24. The standard InChI is InChI=1S/C14H24N2OS/c1-12-5-10-18-14(12)11-15-6-7-16(8-9-17-2)13-3-4-13/h5,10,13,15H,3-4,6-9,11H2,1-2H3. The summed E-state index contributed by atoms with van der Waals surface area (Å²) in [5.41, 5.74) is 1.41. The fourth-order valence-corrected chi connectivity index (χ4v) is 3.01. The van der Waals surface area contributed by atoms with Crippen molar-refractivity contribution in [3.05, 3.63) is 21.9 Å². The van der Waals surface area contributed by atoms with E-state index in [-0.39, 0.29) is 0 Å². The largest absolute Gasteiger partial charge is 0.383 e. The molecular formula is C14H24N2OS. The summed E-state index contributed by atoms with van der Waals surface area (Å²) >= 11 is 1.84. The Morgan fingerprint density at radius 2 is 2.28 bits per heavy atom. The van der Waals surface area contributed by atoms with Crippen molar-refractivity contribution in [3.63, 3.8) is 0 Å². The van der Waals surface area contributed by atoms with Crippen molar-refractivity contribution < 1.29 is 4.74 Å². The van der Waals surface area contributed by atoms with E-state index < -0.39 is 0 Å². The molecule has 0 aromatic carbocycles.